The first-order valence-corrected chi connectivity index (χ1v) is 10.5. The Morgan fingerprint density at radius 1 is 1.03 bits per heavy atom. The number of hydrogen-bond donors (Lipinski definition) is 1. The van der Waals surface area contributed by atoms with Crippen LogP contribution in [0.4, 0.5) is 0 Å². The summed E-state index contributed by atoms with van der Waals surface area (Å²) in [6.45, 7) is 7.77. The van der Waals surface area contributed by atoms with Crippen molar-refractivity contribution in [3.05, 3.63) is 59.2 Å². The molecule has 0 saturated carbocycles. The normalized spacial score (nSPS) is 15.5. The van der Waals surface area contributed by atoms with Gasteiger partial charge in [0.1, 0.15) is 30.1 Å². The van der Waals surface area contributed by atoms with Crippen molar-refractivity contribution >= 4 is 28.7 Å². The fourth-order valence-corrected chi connectivity index (χ4v) is 3.99. The van der Waals surface area contributed by atoms with Crippen molar-refractivity contribution in [1.82, 2.24) is 10.3 Å². The third kappa shape index (κ3) is 5.54. The zero-order valence-electron chi connectivity index (χ0n) is 17.5. The quantitative estimate of drug-likeness (QED) is 0.710. The highest BCUT2D eigenvalue weighted by Gasteiger charge is 2.32. The van der Waals surface area contributed by atoms with E-state index in [2.05, 4.69) is 24.3 Å². The van der Waals surface area contributed by atoms with E-state index in [0.29, 0.717) is 24.1 Å². The van der Waals surface area contributed by atoms with Gasteiger partial charge in [0, 0.05) is 13.8 Å². The molecule has 0 unspecified atom stereocenters. The lowest BCUT2D eigenvalue weighted by Crippen LogP contribution is -2.25. The fraction of sp³-hybridized carbons (Fsp3) is 0.318. The number of nitrogens with zero attached hydrogens (tertiary/aromatic N) is 2. The molecule has 1 N–H and O–H groups in total. The van der Waals surface area contributed by atoms with Crippen LogP contribution in [0.25, 0.3) is 0 Å². The number of thioether (sulfide) groups is 1. The van der Waals surface area contributed by atoms with Crippen molar-refractivity contribution in [2.45, 2.75) is 33.1 Å². The van der Waals surface area contributed by atoms with Gasteiger partial charge in [-0.15, -0.1) is 5.10 Å². The predicted octanol–water partition coefficient (Wildman–Crippen LogP) is 3.76. The van der Waals surface area contributed by atoms with Gasteiger partial charge >= 0.3 is 0 Å². The first-order valence-electron chi connectivity index (χ1n) is 9.59. The van der Waals surface area contributed by atoms with E-state index in [1.165, 1.54) is 41.7 Å². The smallest absolute Gasteiger partial charge is 0.241 e. The molecule has 3 rings (SSSR count). The minimum Gasteiger partial charge on any atom is -0.490 e. The molecule has 0 fully saturated rings. The third-order valence-electron chi connectivity index (χ3n) is 4.49. The number of hydrazone groups is 1. The second-order valence-corrected chi connectivity index (χ2v) is 8.00. The summed E-state index contributed by atoms with van der Waals surface area (Å²) in [6.07, 6.45) is 0. The molecule has 30 heavy (non-hydrogen) atoms. The van der Waals surface area contributed by atoms with Crippen molar-refractivity contribution in [2.24, 2.45) is 5.10 Å². The number of nitrogens with one attached hydrogen (secondary N) is 1. The molecule has 1 aliphatic rings. The second kappa shape index (κ2) is 9.67. The Labute approximate surface area is 180 Å². The highest BCUT2D eigenvalue weighted by molar-refractivity contribution is 8.14. The van der Waals surface area contributed by atoms with E-state index in [4.69, 9.17) is 9.47 Å². The molecule has 2 aromatic rings. The summed E-state index contributed by atoms with van der Waals surface area (Å²) in [5, 5.41) is 8.24. The molecule has 8 heteroatoms. The highest BCUT2D eigenvalue weighted by Crippen LogP contribution is 2.39. The molecule has 2 aromatic carbocycles. The lowest BCUT2D eigenvalue weighted by Gasteiger charge is -2.19. The van der Waals surface area contributed by atoms with E-state index >= 15 is 0 Å². The van der Waals surface area contributed by atoms with E-state index in [-0.39, 0.29) is 17.2 Å². The average molecular weight is 428 g/mol. The molecule has 1 aliphatic heterocycles. The summed E-state index contributed by atoms with van der Waals surface area (Å²) in [5.74, 6) is 1.05. The predicted molar refractivity (Wildman–Crippen MR) is 117 cm³/mol. The molecule has 158 valence electrons. The topological polar surface area (TPSA) is 80.2 Å². The van der Waals surface area contributed by atoms with Gasteiger partial charge in [-0.1, -0.05) is 30.0 Å². The van der Waals surface area contributed by atoms with Gasteiger partial charge in [0.25, 0.3) is 0 Å². The van der Waals surface area contributed by atoms with E-state index in [1.807, 2.05) is 42.5 Å². The SMILES string of the molecule is CC(=O)NC1=NN(C(C)=O)[C@H](c2cccc(OCCOc3ccc(C)c(C)c3)c2)S1. The van der Waals surface area contributed by atoms with Crippen molar-refractivity contribution in [1.29, 1.82) is 0 Å². The molecule has 0 saturated heterocycles. The Kier molecular flexibility index (Phi) is 6.99. The van der Waals surface area contributed by atoms with Crippen LogP contribution in [0.2, 0.25) is 0 Å². The fourth-order valence-electron chi connectivity index (χ4n) is 2.86. The monoisotopic (exact) mass is 427 g/mol. The Morgan fingerprint density at radius 3 is 2.37 bits per heavy atom. The minimum absolute atomic E-state index is 0.207. The molecule has 0 aliphatic carbocycles. The second-order valence-electron chi connectivity index (χ2n) is 6.94. The van der Waals surface area contributed by atoms with E-state index in [1.54, 1.807) is 0 Å². The van der Waals surface area contributed by atoms with Crippen molar-refractivity contribution in [3.8, 4) is 11.5 Å². The van der Waals surface area contributed by atoms with E-state index < -0.39 is 0 Å². The number of aryl methyl sites for hydroxylation is 2. The zero-order valence-corrected chi connectivity index (χ0v) is 18.3. The van der Waals surface area contributed by atoms with E-state index in [0.717, 1.165) is 11.3 Å². The Balaban J connectivity index is 1.59. The first kappa shape index (κ1) is 21.7. The molecule has 0 aromatic heterocycles. The number of amides is 2. The van der Waals surface area contributed by atoms with Gasteiger partial charge in [0.05, 0.1) is 0 Å². The largest absolute Gasteiger partial charge is 0.490 e. The summed E-state index contributed by atoms with van der Waals surface area (Å²) in [6, 6.07) is 13.5. The summed E-state index contributed by atoms with van der Waals surface area (Å²) >= 11 is 1.31. The summed E-state index contributed by atoms with van der Waals surface area (Å²) in [7, 11) is 0. The van der Waals surface area contributed by atoms with Crippen molar-refractivity contribution in [2.75, 3.05) is 13.2 Å². The van der Waals surface area contributed by atoms with Gasteiger partial charge in [-0.25, -0.2) is 5.01 Å². The molecule has 1 atom stereocenters. The van der Waals surface area contributed by atoms with Gasteiger partial charge in [-0.2, -0.15) is 0 Å². The van der Waals surface area contributed by atoms with Crippen molar-refractivity contribution in [3.63, 3.8) is 0 Å². The molecule has 1 heterocycles. The number of rotatable bonds is 6. The number of amidine groups is 1. The van der Waals surface area contributed by atoms with Crippen LogP contribution in [0.15, 0.2) is 47.6 Å². The van der Waals surface area contributed by atoms with Crippen LogP contribution in [0.1, 0.15) is 35.9 Å². The molecule has 0 bridgehead atoms. The molecule has 7 nitrogen and oxygen atoms in total. The molecular weight excluding hydrogens is 402 g/mol. The number of carbonyl (C=O) groups is 2. The third-order valence-corrected chi connectivity index (χ3v) is 5.59. The first-order chi connectivity index (χ1) is 14.3. The number of benzene rings is 2. The molecular formula is C22H25N3O4S. The van der Waals surface area contributed by atoms with E-state index in [9.17, 15) is 9.59 Å². The van der Waals surface area contributed by atoms with Crippen molar-refractivity contribution < 1.29 is 19.1 Å². The molecule has 0 spiro atoms. The van der Waals surface area contributed by atoms with Crippen LogP contribution in [0, 0.1) is 13.8 Å². The van der Waals surface area contributed by atoms with Gasteiger partial charge in [0.15, 0.2) is 5.17 Å². The van der Waals surface area contributed by atoms with Crippen LogP contribution >= 0.6 is 11.8 Å². The Bertz CT molecular complexity index is 977. The standard InChI is InChI=1S/C22H25N3O4S/c1-14-8-9-20(12-15(14)2)29-11-10-28-19-7-5-6-18(13-19)21-25(17(4)27)24-22(30-21)23-16(3)26/h5-9,12-13,21H,10-11H2,1-4H3,(H,23,24,26)/t21-/m0/s1. The van der Waals surface area contributed by atoms with Crippen LogP contribution in [0.5, 0.6) is 11.5 Å². The number of hydrogen-bond acceptors (Lipinski definition) is 6. The molecule has 0 radical (unpaired) electrons. The van der Waals surface area contributed by atoms with Crippen LogP contribution in [-0.2, 0) is 9.59 Å². The highest BCUT2D eigenvalue weighted by atomic mass is 32.2. The lowest BCUT2D eigenvalue weighted by atomic mass is 10.1. The minimum atomic E-state index is -0.361. The van der Waals surface area contributed by atoms with Gasteiger partial charge in [-0.3, -0.25) is 9.59 Å². The maximum atomic E-state index is 12.0. The zero-order chi connectivity index (χ0) is 21.7. The summed E-state index contributed by atoms with van der Waals surface area (Å²) in [4.78, 5) is 23.3. The Morgan fingerprint density at radius 2 is 1.73 bits per heavy atom. The van der Waals surface area contributed by atoms with Crippen LogP contribution in [-0.4, -0.2) is 35.2 Å². The van der Waals surface area contributed by atoms with Gasteiger partial charge in [0.2, 0.25) is 11.8 Å². The maximum absolute atomic E-state index is 12.0. The molecule has 2 amide bonds. The maximum Gasteiger partial charge on any atom is 0.241 e. The summed E-state index contributed by atoms with van der Waals surface area (Å²) in [5.41, 5.74) is 3.27. The van der Waals surface area contributed by atoms with Gasteiger partial charge in [-0.05, 0) is 54.8 Å². The Hall–Kier alpha value is -3.00. The van der Waals surface area contributed by atoms with Gasteiger partial charge < -0.3 is 14.8 Å². The summed E-state index contributed by atoms with van der Waals surface area (Å²) < 4.78 is 11.6. The number of ether oxygens (including phenoxy) is 2. The number of carbonyl (C=O) groups excluding carboxylic acids is 2. The van der Waals surface area contributed by atoms with Crippen LogP contribution < -0.4 is 14.8 Å². The van der Waals surface area contributed by atoms with Crippen LogP contribution in [0.3, 0.4) is 0 Å². The average Bonchev–Trinajstić information content (AvgIpc) is 3.12. The lowest BCUT2D eigenvalue weighted by molar-refractivity contribution is -0.129.